The lowest BCUT2D eigenvalue weighted by Gasteiger charge is -2.08. The maximum atomic E-state index is 3.42. The van der Waals surface area contributed by atoms with E-state index in [4.69, 9.17) is 0 Å². The summed E-state index contributed by atoms with van der Waals surface area (Å²) < 4.78 is 0. The molecule has 0 saturated heterocycles. The fraction of sp³-hybridized carbons (Fsp3) is 0.400. The third-order valence-corrected chi connectivity index (χ3v) is 3.14. The van der Waals surface area contributed by atoms with Crippen molar-refractivity contribution < 1.29 is 0 Å². The number of hydrogen-bond donors (Lipinski definition) is 1. The molecule has 0 fully saturated rings. The van der Waals surface area contributed by atoms with Crippen molar-refractivity contribution in [3.05, 3.63) is 24.3 Å². The first-order valence-corrected chi connectivity index (χ1v) is 6.86. The quantitative estimate of drug-likeness (QED) is 0.596. The normalized spacial score (nSPS) is 10.0. The molecule has 0 saturated carbocycles. The van der Waals surface area contributed by atoms with Gasteiger partial charge in [0.2, 0.25) is 0 Å². The van der Waals surface area contributed by atoms with Crippen LogP contribution in [0.3, 0.4) is 0 Å². The Labute approximate surface area is 88.7 Å². The molecule has 72 valence electrons. The van der Waals surface area contributed by atoms with Gasteiger partial charge >= 0.3 is 0 Å². The molecule has 0 aliphatic heterocycles. The van der Waals surface area contributed by atoms with Crippen LogP contribution < -0.4 is 5.32 Å². The van der Waals surface area contributed by atoms with Crippen molar-refractivity contribution in [3.63, 3.8) is 0 Å². The zero-order chi connectivity index (χ0) is 9.52. The minimum absolute atomic E-state index is 1.04. The average Bonchev–Trinajstić information content (AvgIpc) is 2.19. The summed E-state index contributed by atoms with van der Waals surface area (Å²) in [5, 5.41) is 3.42. The highest BCUT2D eigenvalue weighted by molar-refractivity contribution is 7.99. The van der Waals surface area contributed by atoms with Gasteiger partial charge in [-0.2, -0.15) is 11.8 Å². The molecule has 0 aromatic heterocycles. The summed E-state index contributed by atoms with van der Waals surface area (Å²) in [6.07, 6.45) is 4.23. The molecular formula is C10H15NS2. The van der Waals surface area contributed by atoms with E-state index >= 15 is 0 Å². The van der Waals surface area contributed by atoms with E-state index in [0.29, 0.717) is 0 Å². The van der Waals surface area contributed by atoms with Gasteiger partial charge in [0.05, 0.1) is 0 Å². The third-order valence-electron chi connectivity index (χ3n) is 1.73. The second-order valence-electron chi connectivity index (χ2n) is 2.62. The summed E-state index contributed by atoms with van der Waals surface area (Å²) in [6, 6.07) is 8.42. The summed E-state index contributed by atoms with van der Waals surface area (Å²) in [4.78, 5) is 1.32. The van der Waals surface area contributed by atoms with Crippen molar-refractivity contribution in [1.29, 1.82) is 0 Å². The minimum atomic E-state index is 1.04. The summed E-state index contributed by atoms with van der Waals surface area (Å²) >= 11 is 3.65. The van der Waals surface area contributed by atoms with E-state index in [9.17, 15) is 0 Å². The van der Waals surface area contributed by atoms with Gasteiger partial charge in [0, 0.05) is 22.9 Å². The number of benzene rings is 1. The van der Waals surface area contributed by atoms with Crippen molar-refractivity contribution >= 4 is 29.2 Å². The molecule has 1 N–H and O–H groups in total. The van der Waals surface area contributed by atoms with Gasteiger partial charge in [-0.25, -0.2) is 0 Å². The van der Waals surface area contributed by atoms with Crippen molar-refractivity contribution in [1.82, 2.24) is 0 Å². The van der Waals surface area contributed by atoms with Crippen molar-refractivity contribution in [2.75, 3.05) is 30.1 Å². The summed E-state index contributed by atoms with van der Waals surface area (Å²) in [6.45, 7) is 1.04. The third kappa shape index (κ3) is 3.53. The van der Waals surface area contributed by atoms with Gasteiger partial charge in [-0.15, -0.1) is 11.8 Å². The van der Waals surface area contributed by atoms with E-state index < -0.39 is 0 Å². The molecule has 0 aliphatic carbocycles. The first kappa shape index (κ1) is 10.8. The molecule has 0 unspecified atom stereocenters. The number of para-hydroxylation sites is 1. The monoisotopic (exact) mass is 213 g/mol. The first-order valence-electron chi connectivity index (χ1n) is 4.24. The maximum absolute atomic E-state index is 3.42. The Morgan fingerprint density at radius 1 is 1.23 bits per heavy atom. The Morgan fingerprint density at radius 2 is 2.00 bits per heavy atom. The van der Waals surface area contributed by atoms with Crippen LogP contribution in [0.25, 0.3) is 0 Å². The van der Waals surface area contributed by atoms with Gasteiger partial charge in [-0.05, 0) is 24.6 Å². The lowest BCUT2D eigenvalue weighted by molar-refractivity contribution is 1.20. The highest BCUT2D eigenvalue weighted by Gasteiger charge is 1.97. The zero-order valence-electron chi connectivity index (χ0n) is 8.04. The Hall–Kier alpha value is -0.280. The van der Waals surface area contributed by atoms with E-state index in [1.165, 1.54) is 10.6 Å². The zero-order valence-corrected chi connectivity index (χ0v) is 9.67. The van der Waals surface area contributed by atoms with E-state index in [0.717, 1.165) is 12.3 Å². The molecule has 1 aromatic rings. The predicted molar refractivity (Wildman–Crippen MR) is 65.1 cm³/mol. The molecule has 0 heterocycles. The van der Waals surface area contributed by atoms with Crippen LogP contribution in [0.4, 0.5) is 5.69 Å². The minimum Gasteiger partial charge on any atom is -0.383 e. The number of nitrogens with one attached hydrogen (secondary N) is 1. The summed E-state index contributed by atoms with van der Waals surface area (Å²) in [5.74, 6) is 1.16. The Bertz CT molecular complexity index is 250. The Kier molecular flexibility index (Phi) is 5.16. The molecule has 1 rings (SSSR count). The molecule has 0 aliphatic rings. The van der Waals surface area contributed by atoms with Gasteiger partial charge in [-0.3, -0.25) is 0 Å². The topological polar surface area (TPSA) is 12.0 Å². The van der Waals surface area contributed by atoms with Crippen LogP contribution in [0.2, 0.25) is 0 Å². The lowest BCUT2D eigenvalue weighted by atomic mass is 10.3. The molecule has 13 heavy (non-hydrogen) atoms. The van der Waals surface area contributed by atoms with Crippen molar-refractivity contribution in [2.45, 2.75) is 4.90 Å². The molecule has 0 spiro atoms. The number of thioether (sulfide) groups is 2. The molecule has 0 atom stereocenters. The van der Waals surface area contributed by atoms with Gasteiger partial charge in [0.1, 0.15) is 0 Å². The summed E-state index contributed by atoms with van der Waals surface area (Å²) in [7, 11) is 0. The van der Waals surface area contributed by atoms with Gasteiger partial charge in [0.15, 0.2) is 0 Å². The van der Waals surface area contributed by atoms with Crippen LogP contribution >= 0.6 is 23.5 Å². The SMILES string of the molecule is CSCCNc1ccccc1SC. The molecule has 3 heteroatoms. The van der Waals surface area contributed by atoms with Crippen molar-refractivity contribution in [3.8, 4) is 0 Å². The lowest BCUT2D eigenvalue weighted by Crippen LogP contribution is -2.04. The number of hydrogen-bond acceptors (Lipinski definition) is 3. The maximum Gasteiger partial charge on any atom is 0.0478 e. The predicted octanol–water partition coefficient (Wildman–Crippen LogP) is 3.18. The van der Waals surface area contributed by atoms with E-state index in [-0.39, 0.29) is 0 Å². The Balaban J connectivity index is 2.54. The van der Waals surface area contributed by atoms with Crippen molar-refractivity contribution in [2.24, 2.45) is 0 Å². The fourth-order valence-corrected chi connectivity index (χ4v) is 1.96. The smallest absolute Gasteiger partial charge is 0.0478 e. The van der Waals surface area contributed by atoms with Crippen LogP contribution in [0.5, 0.6) is 0 Å². The van der Waals surface area contributed by atoms with Gasteiger partial charge in [0.25, 0.3) is 0 Å². The highest BCUT2D eigenvalue weighted by Crippen LogP contribution is 2.24. The average molecular weight is 213 g/mol. The second-order valence-corrected chi connectivity index (χ2v) is 4.45. The Morgan fingerprint density at radius 3 is 2.69 bits per heavy atom. The largest absolute Gasteiger partial charge is 0.383 e. The number of rotatable bonds is 5. The van der Waals surface area contributed by atoms with Gasteiger partial charge < -0.3 is 5.32 Å². The van der Waals surface area contributed by atoms with Crippen LogP contribution in [0.15, 0.2) is 29.2 Å². The van der Waals surface area contributed by atoms with E-state index in [2.05, 4.69) is 42.1 Å². The van der Waals surface area contributed by atoms with Crippen LogP contribution in [-0.4, -0.2) is 24.8 Å². The van der Waals surface area contributed by atoms with Crippen LogP contribution in [0, 0.1) is 0 Å². The molecule has 0 radical (unpaired) electrons. The van der Waals surface area contributed by atoms with Gasteiger partial charge in [-0.1, -0.05) is 12.1 Å². The molecule has 1 aromatic carbocycles. The molecule has 1 nitrogen and oxygen atoms in total. The summed E-state index contributed by atoms with van der Waals surface area (Å²) in [5.41, 5.74) is 1.25. The van der Waals surface area contributed by atoms with Crippen LogP contribution in [-0.2, 0) is 0 Å². The first-order chi connectivity index (χ1) is 6.38. The second kappa shape index (κ2) is 6.22. The fourth-order valence-electron chi connectivity index (χ4n) is 1.08. The molecule has 0 amide bonds. The molecular weight excluding hydrogens is 198 g/mol. The molecule has 0 bridgehead atoms. The van der Waals surface area contributed by atoms with E-state index in [1.807, 2.05) is 11.8 Å². The van der Waals surface area contributed by atoms with E-state index in [1.54, 1.807) is 11.8 Å². The standard InChI is InChI=1S/C10H15NS2/c1-12-8-7-11-9-5-3-4-6-10(9)13-2/h3-6,11H,7-8H2,1-2H3. The van der Waals surface area contributed by atoms with Crippen LogP contribution in [0.1, 0.15) is 0 Å². The number of anilines is 1. The highest BCUT2D eigenvalue weighted by atomic mass is 32.2.